The van der Waals surface area contributed by atoms with E-state index in [1.165, 1.54) is 38.5 Å². The fraction of sp³-hybridized carbons (Fsp3) is 0.615. The van der Waals surface area contributed by atoms with Crippen molar-refractivity contribution in [3.63, 3.8) is 0 Å². The molecule has 0 atom stereocenters. The number of carbonyl (C=O) groups is 2. The zero-order valence-electron chi connectivity index (χ0n) is 17.9. The molecule has 1 aromatic carbocycles. The minimum Gasteiger partial charge on any atom is -0.355 e. The van der Waals surface area contributed by atoms with Gasteiger partial charge in [-0.3, -0.25) is 9.59 Å². The predicted octanol–water partition coefficient (Wildman–Crippen LogP) is 4.27. The van der Waals surface area contributed by atoms with E-state index in [2.05, 4.69) is 5.32 Å². The van der Waals surface area contributed by atoms with Crippen LogP contribution < -0.4 is 5.32 Å². The van der Waals surface area contributed by atoms with Crippen LogP contribution in [-0.2, 0) is 9.59 Å². The van der Waals surface area contributed by atoms with Crippen LogP contribution in [0.3, 0.4) is 0 Å². The van der Waals surface area contributed by atoms with E-state index >= 15 is 0 Å². The van der Waals surface area contributed by atoms with Gasteiger partial charge in [-0.05, 0) is 86.2 Å². The zero-order chi connectivity index (χ0) is 20.6. The average Bonchev–Trinajstić information content (AvgIpc) is 2.76. The summed E-state index contributed by atoms with van der Waals surface area (Å²) in [6.07, 6.45) is 13.4. The third-order valence-electron chi connectivity index (χ3n) is 8.20. The molecule has 160 valence electrons. The summed E-state index contributed by atoms with van der Waals surface area (Å²) in [5.74, 6) is 3.09. The van der Waals surface area contributed by atoms with Crippen LogP contribution in [0.15, 0.2) is 36.4 Å². The van der Waals surface area contributed by atoms with Crippen LogP contribution in [0.4, 0.5) is 0 Å². The summed E-state index contributed by atoms with van der Waals surface area (Å²) in [5.41, 5.74) is 1.42. The first-order chi connectivity index (χ1) is 14.6. The number of carbonyl (C=O) groups excluding carboxylic acids is 2. The smallest absolute Gasteiger partial charge is 0.246 e. The van der Waals surface area contributed by atoms with E-state index in [-0.39, 0.29) is 17.7 Å². The van der Waals surface area contributed by atoms with E-state index < -0.39 is 0 Å². The van der Waals surface area contributed by atoms with Gasteiger partial charge in [0.15, 0.2) is 0 Å². The number of rotatable bonds is 5. The number of hydrogen-bond donors (Lipinski definition) is 1. The van der Waals surface area contributed by atoms with E-state index in [0.29, 0.717) is 18.5 Å². The Morgan fingerprint density at radius 2 is 1.57 bits per heavy atom. The van der Waals surface area contributed by atoms with Gasteiger partial charge in [0.05, 0.1) is 0 Å². The maximum atomic E-state index is 12.8. The van der Waals surface area contributed by atoms with Crippen molar-refractivity contribution in [3.8, 4) is 0 Å². The summed E-state index contributed by atoms with van der Waals surface area (Å²) in [4.78, 5) is 27.2. The minimum absolute atomic E-state index is 0.0475. The normalized spacial score (nSPS) is 33.2. The lowest BCUT2D eigenvalue weighted by Gasteiger charge is -2.57. The van der Waals surface area contributed by atoms with Gasteiger partial charge in [0, 0.05) is 31.6 Å². The molecular formula is C26H34N2O2. The molecule has 0 spiro atoms. The van der Waals surface area contributed by atoms with Crippen molar-refractivity contribution < 1.29 is 9.59 Å². The molecule has 4 bridgehead atoms. The van der Waals surface area contributed by atoms with Crippen molar-refractivity contribution in [3.05, 3.63) is 42.0 Å². The van der Waals surface area contributed by atoms with Crippen LogP contribution in [0.5, 0.6) is 0 Å². The second kappa shape index (κ2) is 8.20. The summed E-state index contributed by atoms with van der Waals surface area (Å²) in [7, 11) is 0. The van der Waals surface area contributed by atoms with Crippen molar-refractivity contribution in [2.45, 2.75) is 51.4 Å². The first-order valence-electron chi connectivity index (χ1n) is 11.9. The standard InChI is InChI=1S/C26H34N2O2/c29-24(7-6-19-4-2-1-3-5-19)28-10-8-23(9-11-28)25(30)27-18-26-15-20-12-21(16-26)14-22(13-20)17-26/h1-7,20-23H,8-18H2,(H,27,30)/b7-6+. The van der Waals surface area contributed by atoms with Crippen LogP contribution in [0.25, 0.3) is 6.08 Å². The van der Waals surface area contributed by atoms with Gasteiger partial charge in [-0.15, -0.1) is 0 Å². The molecule has 5 fully saturated rings. The first-order valence-corrected chi connectivity index (χ1v) is 11.9. The third kappa shape index (κ3) is 4.19. The summed E-state index contributed by atoms with van der Waals surface area (Å²) in [5, 5.41) is 3.34. The lowest BCUT2D eigenvalue weighted by atomic mass is 9.49. The van der Waals surface area contributed by atoms with E-state index in [1.807, 2.05) is 41.3 Å². The van der Waals surface area contributed by atoms with Crippen LogP contribution >= 0.6 is 0 Å². The molecule has 4 heteroatoms. The quantitative estimate of drug-likeness (QED) is 0.743. The molecule has 0 radical (unpaired) electrons. The molecule has 1 aliphatic heterocycles. The summed E-state index contributed by atoms with van der Waals surface area (Å²) < 4.78 is 0. The van der Waals surface area contributed by atoms with Gasteiger partial charge in [0.25, 0.3) is 0 Å². The van der Waals surface area contributed by atoms with Crippen LogP contribution in [0.1, 0.15) is 56.9 Å². The number of nitrogens with zero attached hydrogens (tertiary/aromatic N) is 1. The lowest BCUT2D eigenvalue weighted by molar-refractivity contribution is -0.133. The number of amides is 2. The largest absolute Gasteiger partial charge is 0.355 e. The number of likely N-dealkylation sites (tertiary alicyclic amines) is 1. The Hall–Kier alpha value is -2.10. The Morgan fingerprint density at radius 3 is 2.17 bits per heavy atom. The average molecular weight is 407 g/mol. The van der Waals surface area contributed by atoms with E-state index in [9.17, 15) is 9.59 Å². The maximum absolute atomic E-state index is 12.8. The Morgan fingerprint density at radius 1 is 0.967 bits per heavy atom. The Balaban J connectivity index is 1.09. The van der Waals surface area contributed by atoms with Crippen molar-refractivity contribution in [1.29, 1.82) is 0 Å². The van der Waals surface area contributed by atoms with Crippen molar-refractivity contribution >= 4 is 17.9 Å². The molecule has 0 aromatic heterocycles. The molecule has 0 unspecified atom stereocenters. The molecular weight excluding hydrogens is 372 g/mol. The molecule has 5 aliphatic rings. The first kappa shape index (κ1) is 19.8. The summed E-state index contributed by atoms with van der Waals surface area (Å²) >= 11 is 0. The molecule has 30 heavy (non-hydrogen) atoms. The second-order valence-corrected chi connectivity index (χ2v) is 10.5. The number of hydrogen-bond acceptors (Lipinski definition) is 2. The second-order valence-electron chi connectivity index (χ2n) is 10.5. The maximum Gasteiger partial charge on any atom is 0.246 e. The van der Waals surface area contributed by atoms with Crippen molar-refractivity contribution in [1.82, 2.24) is 10.2 Å². The van der Waals surface area contributed by atoms with Crippen LogP contribution in [0, 0.1) is 29.1 Å². The molecule has 1 N–H and O–H groups in total. The fourth-order valence-electron chi connectivity index (χ4n) is 7.12. The fourth-order valence-corrected chi connectivity index (χ4v) is 7.12. The highest BCUT2D eigenvalue weighted by Crippen LogP contribution is 2.59. The molecule has 4 saturated carbocycles. The highest BCUT2D eigenvalue weighted by Gasteiger charge is 2.50. The molecule has 1 aromatic rings. The van der Waals surface area contributed by atoms with E-state index in [4.69, 9.17) is 0 Å². The van der Waals surface area contributed by atoms with Crippen LogP contribution in [-0.4, -0.2) is 36.3 Å². The number of benzene rings is 1. The van der Waals surface area contributed by atoms with Gasteiger partial charge in [0.1, 0.15) is 0 Å². The van der Waals surface area contributed by atoms with Gasteiger partial charge < -0.3 is 10.2 Å². The minimum atomic E-state index is 0.0475. The highest BCUT2D eigenvalue weighted by molar-refractivity contribution is 5.92. The Labute approximate surface area is 180 Å². The van der Waals surface area contributed by atoms with E-state index in [1.54, 1.807) is 6.08 Å². The topological polar surface area (TPSA) is 49.4 Å². The van der Waals surface area contributed by atoms with Crippen LogP contribution in [0.2, 0.25) is 0 Å². The molecule has 4 aliphatic carbocycles. The Kier molecular flexibility index (Phi) is 5.43. The third-order valence-corrected chi connectivity index (χ3v) is 8.20. The van der Waals surface area contributed by atoms with Gasteiger partial charge in [0.2, 0.25) is 11.8 Å². The molecule has 6 rings (SSSR count). The number of nitrogens with one attached hydrogen (secondary N) is 1. The molecule has 2 amide bonds. The van der Waals surface area contributed by atoms with Gasteiger partial charge in [-0.2, -0.15) is 0 Å². The molecule has 4 nitrogen and oxygen atoms in total. The molecule has 1 heterocycles. The van der Waals surface area contributed by atoms with Gasteiger partial charge in [-0.1, -0.05) is 30.3 Å². The zero-order valence-corrected chi connectivity index (χ0v) is 17.9. The monoisotopic (exact) mass is 406 g/mol. The van der Waals surface area contributed by atoms with Crippen molar-refractivity contribution in [2.24, 2.45) is 29.1 Å². The van der Waals surface area contributed by atoms with E-state index in [0.717, 1.165) is 42.7 Å². The lowest BCUT2D eigenvalue weighted by Crippen LogP contribution is -2.52. The predicted molar refractivity (Wildman–Crippen MR) is 118 cm³/mol. The summed E-state index contributed by atoms with van der Waals surface area (Å²) in [6, 6.07) is 9.89. The highest BCUT2D eigenvalue weighted by atomic mass is 16.2. The van der Waals surface area contributed by atoms with Gasteiger partial charge in [-0.25, -0.2) is 0 Å². The Bertz CT molecular complexity index is 772. The summed E-state index contributed by atoms with van der Waals surface area (Å²) in [6.45, 7) is 2.23. The van der Waals surface area contributed by atoms with Gasteiger partial charge >= 0.3 is 0 Å². The SMILES string of the molecule is O=C(NCC12CC3CC(CC(C3)C1)C2)C1CCN(C(=O)/C=C/c2ccccc2)CC1. The van der Waals surface area contributed by atoms with Crippen molar-refractivity contribution in [2.75, 3.05) is 19.6 Å². The molecule has 1 saturated heterocycles. The number of piperidine rings is 1.